The number of nitrogens with zero attached hydrogens (tertiary/aromatic N) is 6. The largest absolute Gasteiger partial charge is 0.377 e. The van der Waals surface area contributed by atoms with Crippen LogP contribution in [0.4, 0.5) is 0 Å². The van der Waals surface area contributed by atoms with Gasteiger partial charge in [-0.1, -0.05) is 31.9 Å². The van der Waals surface area contributed by atoms with Crippen molar-refractivity contribution in [2.75, 3.05) is 13.2 Å². The molecule has 6 rings (SSSR count). The number of ether oxygens (including phenoxy) is 1. The maximum Gasteiger partial charge on any atom is 0.253 e. The van der Waals surface area contributed by atoms with Crippen LogP contribution in [0.15, 0.2) is 53.6 Å². The Hall–Kier alpha value is -3.43. The fraction of sp³-hybridized carbons (Fsp3) is 0.483. The summed E-state index contributed by atoms with van der Waals surface area (Å²) < 4.78 is 8.07. The summed E-state index contributed by atoms with van der Waals surface area (Å²) in [4.78, 5) is 23.6. The van der Waals surface area contributed by atoms with E-state index in [4.69, 9.17) is 4.74 Å². The van der Waals surface area contributed by atoms with Gasteiger partial charge in [-0.05, 0) is 83.3 Å². The predicted octanol–water partition coefficient (Wildman–Crippen LogP) is 4.36. The zero-order valence-corrected chi connectivity index (χ0v) is 21.9. The molecule has 4 heterocycles. The van der Waals surface area contributed by atoms with E-state index in [2.05, 4.69) is 55.5 Å². The normalized spacial score (nSPS) is 19.1. The van der Waals surface area contributed by atoms with Gasteiger partial charge in [0.05, 0.1) is 12.1 Å². The fourth-order valence-electron chi connectivity index (χ4n) is 6.02. The number of aromatic amines is 1. The first-order valence-electron chi connectivity index (χ1n) is 13.9. The third kappa shape index (κ3) is 5.13. The fourth-order valence-corrected chi connectivity index (χ4v) is 6.02. The number of fused-ring (bicyclic) bond motifs is 1. The highest BCUT2D eigenvalue weighted by atomic mass is 16.5. The minimum Gasteiger partial charge on any atom is -0.377 e. The van der Waals surface area contributed by atoms with Crippen molar-refractivity contribution in [2.45, 2.75) is 76.6 Å². The van der Waals surface area contributed by atoms with Crippen LogP contribution in [0.5, 0.6) is 0 Å². The summed E-state index contributed by atoms with van der Waals surface area (Å²) in [6.45, 7) is 4.18. The van der Waals surface area contributed by atoms with E-state index in [1.165, 1.54) is 18.4 Å². The van der Waals surface area contributed by atoms with Crippen molar-refractivity contribution >= 4 is 10.9 Å². The van der Waals surface area contributed by atoms with Gasteiger partial charge in [0, 0.05) is 43.2 Å². The first kappa shape index (κ1) is 24.9. The number of hydrogen-bond donors (Lipinski definition) is 1. The molecule has 4 aromatic rings. The highest BCUT2D eigenvalue weighted by molar-refractivity contribution is 5.80. The smallest absolute Gasteiger partial charge is 0.253 e. The molecule has 1 N–H and O–H groups in total. The molecule has 0 amide bonds. The molecule has 2 fully saturated rings. The van der Waals surface area contributed by atoms with Crippen LogP contribution in [0.1, 0.15) is 80.0 Å². The Morgan fingerprint density at radius 2 is 2.03 bits per heavy atom. The Balaban J connectivity index is 1.51. The number of hydrogen-bond acceptors (Lipinski definition) is 7. The lowest BCUT2D eigenvalue weighted by molar-refractivity contribution is 0.0569. The summed E-state index contributed by atoms with van der Waals surface area (Å²) in [6, 6.07) is 12.1. The predicted molar refractivity (Wildman–Crippen MR) is 145 cm³/mol. The van der Waals surface area contributed by atoms with Gasteiger partial charge in [-0.3, -0.25) is 14.7 Å². The van der Waals surface area contributed by atoms with Gasteiger partial charge in [0.25, 0.3) is 5.56 Å². The van der Waals surface area contributed by atoms with Crippen LogP contribution in [0.3, 0.4) is 0 Å². The van der Waals surface area contributed by atoms with E-state index in [1.54, 1.807) is 6.20 Å². The lowest BCUT2D eigenvalue weighted by atomic mass is 10.00. The van der Waals surface area contributed by atoms with Gasteiger partial charge >= 0.3 is 0 Å². The highest BCUT2D eigenvalue weighted by Gasteiger charge is 2.35. The van der Waals surface area contributed by atoms with Crippen molar-refractivity contribution in [2.24, 2.45) is 0 Å². The van der Waals surface area contributed by atoms with E-state index >= 15 is 0 Å². The Labute approximate surface area is 222 Å². The van der Waals surface area contributed by atoms with Gasteiger partial charge < -0.3 is 9.72 Å². The lowest BCUT2D eigenvalue weighted by Gasteiger charge is -2.33. The molecule has 3 aromatic heterocycles. The van der Waals surface area contributed by atoms with Crippen LogP contribution in [-0.4, -0.2) is 54.3 Å². The van der Waals surface area contributed by atoms with Crippen molar-refractivity contribution in [1.82, 2.24) is 35.1 Å². The maximum atomic E-state index is 13.7. The van der Waals surface area contributed by atoms with Crippen LogP contribution >= 0.6 is 0 Å². The van der Waals surface area contributed by atoms with Crippen molar-refractivity contribution in [3.63, 3.8) is 0 Å². The second-order valence-electron chi connectivity index (χ2n) is 10.6. The van der Waals surface area contributed by atoms with Crippen LogP contribution in [-0.2, 0) is 17.7 Å². The zero-order valence-electron chi connectivity index (χ0n) is 21.9. The van der Waals surface area contributed by atoms with E-state index in [1.807, 2.05) is 29.1 Å². The number of rotatable bonds is 9. The average molecular weight is 514 g/mol. The molecular formula is C29H35N7O2. The number of benzene rings is 1. The van der Waals surface area contributed by atoms with E-state index in [0.29, 0.717) is 18.7 Å². The third-order valence-electron chi connectivity index (χ3n) is 8.01. The maximum absolute atomic E-state index is 13.7. The standard InChI is InChI=1S/C29H35N7O2/c1-2-20-11-12-26-22(15-20)16-25(29(37)31-26)27(28-32-33-34-36(28)23-8-3-4-9-23)35(19-24-10-6-14-38-24)18-21-7-5-13-30-17-21/h5,7,11-13,15-17,23-24,27H,2-4,6,8-10,14,18-19H2,1H3,(H,31,37). The molecule has 0 spiro atoms. The van der Waals surface area contributed by atoms with Crippen LogP contribution in [0.25, 0.3) is 10.9 Å². The number of aryl methyl sites for hydroxylation is 1. The van der Waals surface area contributed by atoms with Gasteiger partial charge in [-0.15, -0.1) is 5.10 Å². The molecule has 0 bridgehead atoms. The number of aromatic nitrogens is 6. The molecule has 1 aliphatic heterocycles. The Morgan fingerprint density at radius 1 is 1.13 bits per heavy atom. The molecule has 1 saturated heterocycles. The molecule has 1 aromatic carbocycles. The second-order valence-corrected chi connectivity index (χ2v) is 10.6. The van der Waals surface area contributed by atoms with Gasteiger partial charge in [-0.2, -0.15) is 0 Å². The molecule has 1 aliphatic carbocycles. The van der Waals surface area contributed by atoms with Crippen LogP contribution < -0.4 is 5.56 Å². The lowest BCUT2D eigenvalue weighted by Crippen LogP contribution is -2.39. The topological polar surface area (TPSA) is 102 Å². The molecule has 2 atom stereocenters. The number of H-pyrrole nitrogens is 1. The molecule has 38 heavy (non-hydrogen) atoms. The summed E-state index contributed by atoms with van der Waals surface area (Å²) in [5, 5.41) is 14.2. The third-order valence-corrected chi connectivity index (χ3v) is 8.01. The summed E-state index contributed by atoms with van der Waals surface area (Å²) in [5.74, 6) is 0.718. The minimum absolute atomic E-state index is 0.0937. The van der Waals surface area contributed by atoms with Crippen molar-refractivity contribution in [3.8, 4) is 0 Å². The minimum atomic E-state index is -0.437. The number of nitrogens with one attached hydrogen (secondary N) is 1. The summed E-state index contributed by atoms with van der Waals surface area (Å²) in [5.41, 5.74) is 3.68. The van der Waals surface area contributed by atoms with E-state index in [9.17, 15) is 4.79 Å². The first-order chi connectivity index (χ1) is 18.7. The van der Waals surface area contributed by atoms with Crippen molar-refractivity contribution < 1.29 is 4.74 Å². The molecule has 198 valence electrons. The quantitative estimate of drug-likeness (QED) is 0.355. The SMILES string of the molecule is CCc1ccc2[nH]c(=O)c(C(c3nnnn3C3CCCC3)N(Cc3cccnc3)CC3CCCO3)cc2c1. The van der Waals surface area contributed by atoms with E-state index < -0.39 is 6.04 Å². The first-order valence-corrected chi connectivity index (χ1v) is 13.9. The highest BCUT2D eigenvalue weighted by Crippen LogP contribution is 2.35. The zero-order chi connectivity index (χ0) is 25.9. The molecule has 0 radical (unpaired) electrons. The molecule has 2 aliphatic rings. The van der Waals surface area contributed by atoms with Gasteiger partial charge in [0.15, 0.2) is 5.82 Å². The van der Waals surface area contributed by atoms with Crippen molar-refractivity contribution in [1.29, 1.82) is 0 Å². The van der Waals surface area contributed by atoms with Gasteiger partial charge in [-0.25, -0.2) is 4.68 Å². The summed E-state index contributed by atoms with van der Waals surface area (Å²) >= 11 is 0. The Kier molecular flexibility index (Phi) is 7.29. The Bertz CT molecular complexity index is 1420. The van der Waals surface area contributed by atoms with Crippen LogP contribution in [0, 0.1) is 0 Å². The molecule has 9 heteroatoms. The average Bonchev–Trinajstić information content (AvgIpc) is 3.73. The van der Waals surface area contributed by atoms with Gasteiger partial charge in [0.1, 0.15) is 6.04 Å². The van der Waals surface area contributed by atoms with E-state index in [-0.39, 0.29) is 17.7 Å². The second kappa shape index (κ2) is 11.1. The molecule has 1 saturated carbocycles. The Morgan fingerprint density at radius 3 is 2.79 bits per heavy atom. The number of pyridine rings is 2. The summed E-state index contributed by atoms with van der Waals surface area (Å²) in [7, 11) is 0. The molecular weight excluding hydrogens is 478 g/mol. The summed E-state index contributed by atoms with van der Waals surface area (Å²) in [6.07, 6.45) is 11.2. The monoisotopic (exact) mass is 513 g/mol. The molecule has 2 unspecified atom stereocenters. The van der Waals surface area contributed by atoms with Crippen LogP contribution in [0.2, 0.25) is 0 Å². The molecule has 9 nitrogen and oxygen atoms in total. The van der Waals surface area contributed by atoms with Crippen molar-refractivity contribution in [3.05, 3.63) is 81.7 Å². The van der Waals surface area contributed by atoms with Gasteiger partial charge in [0.2, 0.25) is 0 Å². The van der Waals surface area contributed by atoms with E-state index in [0.717, 1.165) is 61.0 Å². The number of tetrazole rings is 1.